The Hall–Kier alpha value is -3.41. The van der Waals surface area contributed by atoms with Crippen molar-refractivity contribution in [2.45, 2.75) is 13.3 Å². The molecule has 2 amide bonds. The second kappa shape index (κ2) is 7.31. The van der Waals surface area contributed by atoms with Crippen LogP contribution in [0.5, 0.6) is 5.75 Å². The van der Waals surface area contributed by atoms with E-state index >= 15 is 0 Å². The van der Waals surface area contributed by atoms with Gasteiger partial charge in [0, 0.05) is 24.5 Å². The number of aryl methyl sites for hydroxylation is 1. The highest BCUT2D eigenvalue weighted by molar-refractivity contribution is 6.07. The predicted molar refractivity (Wildman–Crippen MR) is 109 cm³/mol. The van der Waals surface area contributed by atoms with E-state index < -0.39 is 5.92 Å². The SMILES string of the molecule is COc1ccc(C)cc1NC(=O)C1CC(=O)N(c2cccc3cccnc23)C1. The van der Waals surface area contributed by atoms with Crippen molar-refractivity contribution in [3.05, 3.63) is 60.3 Å². The summed E-state index contributed by atoms with van der Waals surface area (Å²) in [4.78, 5) is 31.6. The number of nitrogens with zero attached hydrogens (tertiary/aromatic N) is 2. The number of amides is 2. The molecule has 1 N–H and O–H groups in total. The molecule has 2 heterocycles. The minimum atomic E-state index is -0.434. The molecular weight excluding hydrogens is 354 g/mol. The third-order valence-corrected chi connectivity index (χ3v) is 5.01. The van der Waals surface area contributed by atoms with Crippen molar-refractivity contribution < 1.29 is 14.3 Å². The first-order valence-electron chi connectivity index (χ1n) is 9.16. The van der Waals surface area contributed by atoms with Gasteiger partial charge in [-0.25, -0.2) is 0 Å². The highest BCUT2D eigenvalue weighted by atomic mass is 16.5. The van der Waals surface area contributed by atoms with Crippen molar-refractivity contribution in [1.82, 2.24) is 4.98 Å². The van der Waals surface area contributed by atoms with Gasteiger partial charge < -0.3 is 15.0 Å². The molecule has 0 spiro atoms. The molecule has 1 aromatic heterocycles. The number of hydrogen-bond donors (Lipinski definition) is 1. The van der Waals surface area contributed by atoms with Crippen molar-refractivity contribution in [3.8, 4) is 5.75 Å². The van der Waals surface area contributed by atoms with E-state index in [-0.39, 0.29) is 18.2 Å². The second-order valence-corrected chi connectivity index (χ2v) is 6.95. The fourth-order valence-electron chi connectivity index (χ4n) is 3.58. The molecule has 1 unspecified atom stereocenters. The summed E-state index contributed by atoms with van der Waals surface area (Å²) in [5.74, 6) is -0.0995. The average Bonchev–Trinajstić information content (AvgIpc) is 3.09. The molecular formula is C22H21N3O3. The van der Waals surface area contributed by atoms with Crippen molar-refractivity contribution in [2.75, 3.05) is 23.9 Å². The number of pyridine rings is 1. The van der Waals surface area contributed by atoms with Gasteiger partial charge in [0.2, 0.25) is 11.8 Å². The number of methoxy groups -OCH3 is 1. The van der Waals surface area contributed by atoms with Gasteiger partial charge in [-0.2, -0.15) is 0 Å². The quantitative estimate of drug-likeness (QED) is 0.757. The maximum Gasteiger partial charge on any atom is 0.229 e. The summed E-state index contributed by atoms with van der Waals surface area (Å²) in [6.45, 7) is 2.28. The van der Waals surface area contributed by atoms with Crippen LogP contribution in [0.4, 0.5) is 11.4 Å². The molecule has 0 radical (unpaired) electrons. The molecule has 3 aromatic rings. The Morgan fingerprint density at radius 1 is 1.21 bits per heavy atom. The van der Waals surface area contributed by atoms with Crippen molar-refractivity contribution in [3.63, 3.8) is 0 Å². The summed E-state index contributed by atoms with van der Waals surface area (Å²) in [5, 5.41) is 3.88. The van der Waals surface area contributed by atoms with Gasteiger partial charge in [-0.05, 0) is 36.8 Å². The first kappa shape index (κ1) is 18.0. The van der Waals surface area contributed by atoms with Crippen LogP contribution in [0.25, 0.3) is 10.9 Å². The van der Waals surface area contributed by atoms with Crippen molar-refractivity contribution >= 4 is 34.1 Å². The fraction of sp³-hybridized carbons (Fsp3) is 0.227. The van der Waals surface area contributed by atoms with E-state index in [9.17, 15) is 9.59 Å². The summed E-state index contributed by atoms with van der Waals surface area (Å²) < 4.78 is 5.32. The Morgan fingerprint density at radius 3 is 2.86 bits per heavy atom. The summed E-state index contributed by atoms with van der Waals surface area (Å²) in [5.41, 5.74) is 3.14. The largest absolute Gasteiger partial charge is 0.495 e. The van der Waals surface area contributed by atoms with Crippen LogP contribution in [0, 0.1) is 12.8 Å². The van der Waals surface area contributed by atoms with Crippen LogP contribution in [-0.2, 0) is 9.59 Å². The number of benzene rings is 2. The van der Waals surface area contributed by atoms with Crippen molar-refractivity contribution in [1.29, 1.82) is 0 Å². The molecule has 28 heavy (non-hydrogen) atoms. The van der Waals surface area contributed by atoms with Crippen LogP contribution < -0.4 is 15.0 Å². The van der Waals surface area contributed by atoms with Gasteiger partial charge in [-0.1, -0.05) is 24.3 Å². The summed E-state index contributed by atoms with van der Waals surface area (Å²) in [6, 6.07) is 15.2. The predicted octanol–water partition coefficient (Wildman–Crippen LogP) is 3.54. The molecule has 6 nitrogen and oxygen atoms in total. The number of aromatic nitrogens is 1. The standard InChI is InChI=1S/C22H21N3O3/c1-14-8-9-19(28-2)17(11-14)24-22(27)16-12-20(26)25(13-16)18-7-3-5-15-6-4-10-23-21(15)18/h3-11,16H,12-13H2,1-2H3,(H,24,27). The van der Waals surface area contributed by atoms with Crippen molar-refractivity contribution in [2.24, 2.45) is 5.92 Å². The van der Waals surface area contributed by atoms with Gasteiger partial charge in [0.15, 0.2) is 0 Å². The van der Waals surface area contributed by atoms with E-state index in [0.717, 1.165) is 22.2 Å². The number of rotatable bonds is 4. The van der Waals surface area contributed by atoms with Crippen LogP contribution in [0.2, 0.25) is 0 Å². The Kier molecular flexibility index (Phi) is 4.69. The Morgan fingerprint density at radius 2 is 2.04 bits per heavy atom. The molecule has 0 aliphatic carbocycles. The molecule has 1 aliphatic rings. The second-order valence-electron chi connectivity index (χ2n) is 6.95. The zero-order valence-electron chi connectivity index (χ0n) is 15.8. The molecule has 6 heteroatoms. The van der Waals surface area contributed by atoms with Gasteiger partial charge in [-0.15, -0.1) is 0 Å². The molecule has 1 aliphatic heterocycles. The first-order chi connectivity index (χ1) is 13.6. The molecule has 1 fully saturated rings. The van der Waals surface area contributed by atoms with Crippen LogP contribution in [0.15, 0.2) is 54.7 Å². The monoisotopic (exact) mass is 375 g/mol. The van der Waals surface area contributed by atoms with E-state index in [1.807, 2.05) is 55.5 Å². The van der Waals surface area contributed by atoms with E-state index in [0.29, 0.717) is 18.0 Å². The smallest absolute Gasteiger partial charge is 0.229 e. The normalized spacial score (nSPS) is 16.4. The van der Waals surface area contributed by atoms with Gasteiger partial charge in [-0.3, -0.25) is 14.6 Å². The maximum absolute atomic E-state index is 12.8. The van der Waals surface area contributed by atoms with E-state index in [2.05, 4.69) is 10.3 Å². The number of ether oxygens (including phenoxy) is 1. The molecule has 2 aromatic carbocycles. The highest BCUT2D eigenvalue weighted by Crippen LogP contribution is 2.32. The zero-order valence-corrected chi connectivity index (χ0v) is 15.8. The third-order valence-electron chi connectivity index (χ3n) is 5.01. The number of hydrogen-bond acceptors (Lipinski definition) is 4. The Labute approximate surface area is 163 Å². The minimum Gasteiger partial charge on any atom is -0.495 e. The number of nitrogens with one attached hydrogen (secondary N) is 1. The van der Waals surface area contributed by atoms with Gasteiger partial charge in [0.1, 0.15) is 5.75 Å². The van der Waals surface area contributed by atoms with E-state index in [1.54, 1.807) is 18.2 Å². The van der Waals surface area contributed by atoms with Gasteiger partial charge >= 0.3 is 0 Å². The van der Waals surface area contributed by atoms with E-state index in [1.165, 1.54) is 0 Å². The number of carbonyl (C=O) groups excluding carboxylic acids is 2. The minimum absolute atomic E-state index is 0.0745. The van der Waals surface area contributed by atoms with Crippen LogP contribution in [0.3, 0.4) is 0 Å². The lowest BCUT2D eigenvalue weighted by atomic mass is 10.1. The number of para-hydroxylation sites is 1. The van der Waals surface area contributed by atoms with Crippen LogP contribution in [0.1, 0.15) is 12.0 Å². The van der Waals surface area contributed by atoms with Crippen LogP contribution >= 0.6 is 0 Å². The van der Waals surface area contributed by atoms with Crippen LogP contribution in [-0.4, -0.2) is 30.5 Å². The zero-order chi connectivity index (χ0) is 19.7. The topological polar surface area (TPSA) is 71.5 Å². The summed E-state index contributed by atoms with van der Waals surface area (Å²) >= 11 is 0. The summed E-state index contributed by atoms with van der Waals surface area (Å²) in [7, 11) is 1.56. The molecule has 0 saturated carbocycles. The lowest BCUT2D eigenvalue weighted by Gasteiger charge is -2.18. The number of fused-ring (bicyclic) bond motifs is 1. The first-order valence-corrected chi connectivity index (χ1v) is 9.16. The fourth-order valence-corrected chi connectivity index (χ4v) is 3.58. The number of anilines is 2. The molecule has 1 saturated heterocycles. The Bertz CT molecular complexity index is 1060. The van der Waals surface area contributed by atoms with Gasteiger partial charge in [0.25, 0.3) is 0 Å². The Balaban J connectivity index is 1.56. The summed E-state index contributed by atoms with van der Waals surface area (Å²) in [6.07, 6.45) is 1.88. The molecule has 0 bridgehead atoms. The average molecular weight is 375 g/mol. The third kappa shape index (κ3) is 3.29. The lowest BCUT2D eigenvalue weighted by molar-refractivity contribution is -0.122. The highest BCUT2D eigenvalue weighted by Gasteiger charge is 2.36. The van der Waals surface area contributed by atoms with E-state index in [4.69, 9.17) is 4.74 Å². The molecule has 4 rings (SSSR count). The molecule has 142 valence electrons. The molecule has 1 atom stereocenters. The number of carbonyl (C=O) groups is 2. The van der Waals surface area contributed by atoms with Gasteiger partial charge in [0.05, 0.1) is 29.9 Å². The lowest BCUT2D eigenvalue weighted by Crippen LogP contribution is -2.28. The maximum atomic E-state index is 12.8.